The number of piperazine rings is 1. The molecule has 39 heavy (non-hydrogen) atoms. The number of aliphatic carboxylic acids is 1. The van der Waals surface area contributed by atoms with Crippen LogP contribution in [-0.2, 0) is 14.3 Å². The number of anilines is 1. The van der Waals surface area contributed by atoms with Crippen molar-refractivity contribution in [1.29, 1.82) is 0 Å². The Morgan fingerprint density at radius 1 is 1.18 bits per heavy atom. The van der Waals surface area contributed by atoms with Crippen molar-refractivity contribution in [2.45, 2.75) is 25.6 Å². The fourth-order valence-corrected chi connectivity index (χ4v) is 4.36. The standard InChI is InChI=1S/C17H17ClN6O3.C7H13NO3S/c1-22-6-8-23(9-7-22)17(26)27-16-14-13(19-4-5-20-14)15(25)24(16)12-3-2-11(18)10-21-12;1-5(9)8-6(7(10)11)3-4-12-2/h2-5,10,16H,6-9H2,1H3;6H,3-4H2,1-2H3,(H,8,9)(H,10,11)/t16-;6-/m10/s1. The number of amides is 3. The molecule has 1 saturated heterocycles. The Balaban J connectivity index is 0.000000298. The summed E-state index contributed by atoms with van der Waals surface area (Å²) >= 11 is 7.45. The number of nitrogens with zero attached hydrogens (tertiary/aromatic N) is 6. The average molecular weight is 580 g/mol. The second-order valence-electron chi connectivity index (χ2n) is 8.70. The summed E-state index contributed by atoms with van der Waals surface area (Å²) in [7, 11) is 2.00. The van der Waals surface area contributed by atoms with Crippen LogP contribution in [0.15, 0.2) is 30.7 Å². The molecule has 0 radical (unpaired) electrons. The van der Waals surface area contributed by atoms with Crippen LogP contribution < -0.4 is 10.2 Å². The Labute approximate surface area is 234 Å². The van der Waals surface area contributed by atoms with E-state index in [1.165, 1.54) is 30.4 Å². The molecular weight excluding hydrogens is 550 g/mol. The number of pyridine rings is 1. The summed E-state index contributed by atoms with van der Waals surface area (Å²) in [5.74, 6) is -0.663. The zero-order valence-corrected chi connectivity index (χ0v) is 23.3. The second-order valence-corrected chi connectivity index (χ2v) is 10.1. The molecule has 1 fully saturated rings. The third-order valence-corrected chi connectivity index (χ3v) is 6.70. The predicted octanol–water partition coefficient (Wildman–Crippen LogP) is 1.90. The van der Waals surface area contributed by atoms with Gasteiger partial charge in [-0.15, -0.1) is 0 Å². The zero-order chi connectivity index (χ0) is 28.5. The number of ether oxygens (including phenoxy) is 1. The lowest BCUT2D eigenvalue weighted by atomic mass is 10.2. The molecule has 0 aliphatic carbocycles. The van der Waals surface area contributed by atoms with E-state index in [2.05, 4.69) is 25.2 Å². The molecule has 2 aliphatic heterocycles. The Bertz CT molecular complexity index is 1180. The van der Waals surface area contributed by atoms with E-state index in [-0.39, 0.29) is 11.6 Å². The number of likely N-dealkylation sites (N-methyl/N-ethyl adjacent to an activating group) is 1. The molecule has 13 nitrogen and oxygen atoms in total. The number of hydrogen-bond donors (Lipinski definition) is 2. The van der Waals surface area contributed by atoms with Gasteiger partial charge in [-0.25, -0.2) is 24.5 Å². The SMILES string of the molecule is CN1CCN(C(=O)O[C@@H]2c3nccnc3C(=O)N2c2ccc(Cl)cn2)CC1.CSCC[C@H](NC(C)=O)C(=O)O. The summed E-state index contributed by atoms with van der Waals surface area (Å²) in [5.41, 5.74) is 0.437. The van der Waals surface area contributed by atoms with Gasteiger partial charge in [0.25, 0.3) is 5.91 Å². The molecule has 4 heterocycles. The molecule has 2 aromatic heterocycles. The lowest BCUT2D eigenvalue weighted by Crippen LogP contribution is -2.48. The number of carbonyl (C=O) groups is 4. The van der Waals surface area contributed by atoms with E-state index in [9.17, 15) is 19.2 Å². The number of carbonyl (C=O) groups excluding carboxylic acids is 3. The van der Waals surface area contributed by atoms with Crippen molar-refractivity contribution in [2.75, 3.05) is 50.1 Å². The van der Waals surface area contributed by atoms with Crippen LogP contribution in [0.3, 0.4) is 0 Å². The molecule has 2 atom stereocenters. The van der Waals surface area contributed by atoms with Crippen LogP contribution >= 0.6 is 23.4 Å². The van der Waals surface area contributed by atoms with Crippen LogP contribution in [-0.4, -0.2) is 105 Å². The summed E-state index contributed by atoms with van der Waals surface area (Å²) < 4.78 is 5.68. The molecule has 2 N–H and O–H groups in total. The molecule has 0 aromatic carbocycles. The highest BCUT2D eigenvalue weighted by Crippen LogP contribution is 2.35. The summed E-state index contributed by atoms with van der Waals surface area (Å²) in [4.78, 5) is 64.1. The first-order chi connectivity index (χ1) is 18.6. The number of fused-ring (bicyclic) bond motifs is 1. The van der Waals surface area contributed by atoms with Crippen molar-refractivity contribution >= 4 is 53.1 Å². The van der Waals surface area contributed by atoms with Gasteiger partial charge in [0, 0.05) is 51.7 Å². The van der Waals surface area contributed by atoms with E-state index >= 15 is 0 Å². The van der Waals surface area contributed by atoms with Gasteiger partial charge in [0.05, 0.1) is 5.02 Å². The maximum absolute atomic E-state index is 12.8. The van der Waals surface area contributed by atoms with Gasteiger partial charge in [-0.2, -0.15) is 11.8 Å². The highest BCUT2D eigenvalue weighted by Gasteiger charge is 2.44. The fourth-order valence-electron chi connectivity index (χ4n) is 3.78. The van der Waals surface area contributed by atoms with Gasteiger partial charge in [-0.3, -0.25) is 14.6 Å². The Kier molecular flexibility index (Phi) is 10.8. The van der Waals surface area contributed by atoms with Crippen molar-refractivity contribution in [2.24, 2.45) is 0 Å². The van der Waals surface area contributed by atoms with Crippen molar-refractivity contribution in [3.63, 3.8) is 0 Å². The number of carboxylic acid groups (broad SMARTS) is 1. The molecule has 0 unspecified atom stereocenters. The van der Waals surface area contributed by atoms with Crippen LogP contribution in [0.2, 0.25) is 5.02 Å². The van der Waals surface area contributed by atoms with Crippen molar-refractivity contribution in [3.8, 4) is 0 Å². The number of hydrogen-bond acceptors (Lipinski definition) is 10. The van der Waals surface area contributed by atoms with Gasteiger partial charge in [0.1, 0.15) is 17.6 Å². The van der Waals surface area contributed by atoms with Crippen molar-refractivity contribution < 1.29 is 29.0 Å². The van der Waals surface area contributed by atoms with E-state index in [1.54, 1.807) is 28.8 Å². The summed E-state index contributed by atoms with van der Waals surface area (Å²) in [5, 5.41) is 11.4. The minimum atomic E-state index is -1.03. The molecule has 210 valence electrons. The summed E-state index contributed by atoms with van der Waals surface area (Å²) in [6.07, 6.45) is 5.15. The smallest absolute Gasteiger partial charge is 0.412 e. The molecule has 15 heteroatoms. The van der Waals surface area contributed by atoms with Crippen LogP contribution in [0.1, 0.15) is 35.8 Å². The monoisotopic (exact) mass is 579 g/mol. The number of rotatable bonds is 7. The van der Waals surface area contributed by atoms with Gasteiger partial charge in [-0.05, 0) is 37.6 Å². The van der Waals surface area contributed by atoms with Crippen LogP contribution in [0.4, 0.5) is 10.6 Å². The normalized spacial score (nSPS) is 17.5. The van der Waals surface area contributed by atoms with Gasteiger partial charge < -0.3 is 25.0 Å². The molecule has 0 saturated carbocycles. The number of carboxylic acids is 1. The first-order valence-corrected chi connectivity index (χ1v) is 13.8. The van der Waals surface area contributed by atoms with Gasteiger partial charge in [-0.1, -0.05) is 11.6 Å². The molecule has 0 bridgehead atoms. The first-order valence-electron chi connectivity index (χ1n) is 12.0. The third kappa shape index (κ3) is 8.00. The molecule has 4 rings (SSSR count). The van der Waals surface area contributed by atoms with Crippen LogP contribution in [0, 0.1) is 0 Å². The summed E-state index contributed by atoms with van der Waals surface area (Å²) in [6, 6.07) is 2.46. The fraction of sp³-hybridized carbons (Fsp3) is 0.458. The topological polar surface area (TPSA) is 158 Å². The maximum atomic E-state index is 12.8. The minimum absolute atomic E-state index is 0.144. The number of halogens is 1. The third-order valence-electron chi connectivity index (χ3n) is 5.84. The van der Waals surface area contributed by atoms with E-state index in [4.69, 9.17) is 21.4 Å². The second kappa shape index (κ2) is 14.1. The minimum Gasteiger partial charge on any atom is -0.480 e. The summed E-state index contributed by atoms with van der Waals surface area (Å²) in [6.45, 7) is 3.95. The highest BCUT2D eigenvalue weighted by molar-refractivity contribution is 7.98. The first kappa shape index (κ1) is 30.1. The van der Waals surface area contributed by atoms with Crippen LogP contribution in [0.5, 0.6) is 0 Å². The van der Waals surface area contributed by atoms with Crippen molar-refractivity contribution in [1.82, 2.24) is 30.1 Å². The number of nitrogens with one attached hydrogen (secondary N) is 1. The van der Waals surface area contributed by atoms with Gasteiger partial charge in [0.15, 0.2) is 5.69 Å². The highest BCUT2D eigenvalue weighted by atomic mass is 35.5. The van der Waals surface area contributed by atoms with Gasteiger partial charge >= 0.3 is 12.1 Å². The number of thioether (sulfide) groups is 1. The van der Waals surface area contributed by atoms with E-state index in [1.807, 2.05) is 13.3 Å². The van der Waals surface area contributed by atoms with E-state index in [0.717, 1.165) is 18.8 Å². The zero-order valence-electron chi connectivity index (χ0n) is 21.7. The molecular formula is C24H30ClN7O6S. The van der Waals surface area contributed by atoms with E-state index in [0.29, 0.717) is 36.0 Å². The van der Waals surface area contributed by atoms with Gasteiger partial charge in [0.2, 0.25) is 12.1 Å². The molecule has 2 aliphatic rings. The largest absolute Gasteiger partial charge is 0.480 e. The molecule has 3 amide bonds. The van der Waals surface area contributed by atoms with E-state index < -0.39 is 30.2 Å². The lowest BCUT2D eigenvalue weighted by Gasteiger charge is -2.33. The molecule has 0 spiro atoms. The Morgan fingerprint density at radius 2 is 1.87 bits per heavy atom. The van der Waals surface area contributed by atoms with Crippen LogP contribution in [0.25, 0.3) is 0 Å². The maximum Gasteiger partial charge on any atom is 0.412 e. The lowest BCUT2D eigenvalue weighted by molar-refractivity contribution is -0.141. The Hall–Kier alpha value is -3.49. The quantitative estimate of drug-likeness (QED) is 0.493. The predicted molar refractivity (Wildman–Crippen MR) is 145 cm³/mol. The number of aromatic nitrogens is 3. The van der Waals surface area contributed by atoms with Crippen molar-refractivity contribution in [3.05, 3.63) is 47.1 Å². The molecule has 2 aromatic rings. The average Bonchev–Trinajstić information content (AvgIpc) is 3.18. The Morgan fingerprint density at radius 3 is 2.46 bits per heavy atom.